The van der Waals surface area contributed by atoms with Crippen molar-refractivity contribution in [2.45, 2.75) is 51.1 Å². The van der Waals surface area contributed by atoms with Gasteiger partial charge in [-0.2, -0.15) is 0 Å². The number of anilines is 1. The third-order valence-corrected chi connectivity index (χ3v) is 4.22. The Morgan fingerprint density at radius 1 is 1.36 bits per heavy atom. The molecule has 0 aromatic carbocycles. The molecule has 9 nitrogen and oxygen atoms in total. The predicted octanol–water partition coefficient (Wildman–Crippen LogP) is 1.18. The third kappa shape index (κ3) is 8.01. The third-order valence-electron chi connectivity index (χ3n) is 4.22. The largest absolute Gasteiger partial charge is 0.468 e. The van der Waals surface area contributed by atoms with Gasteiger partial charge in [0.05, 0.1) is 26.4 Å². The van der Waals surface area contributed by atoms with Gasteiger partial charge >= 0.3 is 17.7 Å². The van der Waals surface area contributed by atoms with Crippen LogP contribution in [0.25, 0.3) is 6.08 Å². The van der Waals surface area contributed by atoms with Crippen molar-refractivity contribution in [3.05, 3.63) is 11.8 Å². The number of aldehydes is 1. The summed E-state index contributed by atoms with van der Waals surface area (Å²) in [5.74, 6) is 0.991. The number of nitrogens with zero attached hydrogens (tertiary/aromatic N) is 2. The molecule has 0 aliphatic heterocycles. The number of aromatic nitrogens is 2. The van der Waals surface area contributed by atoms with Gasteiger partial charge in [0.2, 0.25) is 0 Å². The minimum Gasteiger partial charge on any atom is -0.468 e. The van der Waals surface area contributed by atoms with E-state index < -0.39 is 12.1 Å². The molecule has 2 unspecified atom stereocenters. The van der Waals surface area contributed by atoms with Crippen LogP contribution in [0.1, 0.15) is 44.7 Å². The standard InChI is InChI=1S/C19H33N6O3/c1-4-8-16-17(24-19(23-16)22-11-7-9-14(20)13-26)25(2)12-6-5-10-15(21)18(27)28-3/h4,8,13-15H,2,5-7,9-12,20-21H2,1,3H3,(H2,22,23,24)/q+1/b8-4-. The summed E-state index contributed by atoms with van der Waals surface area (Å²) in [5, 5.41) is 3.20. The van der Waals surface area contributed by atoms with E-state index in [0.29, 0.717) is 31.9 Å². The monoisotopic (exact) mass is 393 g/mol. The first-order chi connectivity index (χ1) is 13.4. The van der Waals surface area contributed by atoms with E-state index in [2.05, 4.69) is 26.7 Å². The lowest BCUT2D eigenvalue weighted by molar-refractivity contribution is -0.436. The number of aromatic amines is 1. The number of allylic oxidation sites excluding steroid dienone is 1. The maximum absolute atomic E-state index is 11.3. The Morgan fingerprint density at radius 2 is 2.11 bits per heavy atom. The number of carbonyl (C=O) groups is 2. The molecule has 9 heteroatoms. The number of H-pyrrole nitrogens is 1. The number of esters is 1. The van der Waals surface area contributed by atoms with Crippen LogP contribution in [0.2, 0.25) is 0 Å². The molecule has 2 atom stereocenters. The van der Waals surface area contributed by atoms with E-state index in [0.717, 1.165) is 37.1 Å². The molecule has 6 N–H and O–H groups in total. The number of hydrogen-bond donors (Lipinski definition) is 4. The van der Waals surface area contributed by atoms with Gasteiger partial charge in [-0.25, -0.2) is 4.58 Å². The van der Waals surface area contributed by atoms with E-state index in [1.54, 1.807) is 0 Å². The van der Waals surface area contributed by atoms with Gasteiger partial charge in [0.15, 0.2) is 0 Å². The maximum atomic E-state index is 11.3. The molecule has 156 valence electrons. The van der Waals surface area contributed by atoms with Crippen LogP contribution in [0, 0.1) is 0 Å². The van der Waals surface area contributed by atoms with E-state index in [-0.39, 0.29) is 5.97 Å². The highest BCUT2D eigenvalue weighted by Gasteiger charge is 2.20. The molecular formula is C19H33N6O3+. The van der Waals surface area contributed by atoms with Gasteiger partial charge in [0, 0.05) is 6.54 Å². The summed E-state index contributed by atoms with van der Waals surface area (Å²) in [4.78, 5) is 29.7. The molecule has 0 fully saturated rings. The molecule has 0 saturated heterocycles. The zero-order valence-electron chi connectivity index (χ0n) is 16.8. The number of ether oxygens (including phenoxy) is 1. The SMILES string of the molecule is C=[N+](CCCCC(N)C(=O)OC)c1nc(NCCCC(N)C=O)[nH]c1/C=C\C. The second-order valence-electron chi connectivity index (χ2n) is 6.58. The van der Waals surface area contributed by atoms with Crippen molar-refractivity contribution < 1.29 is 18.9 Å². The number of hydrogen-bond acceptors (Lipinski definition) is 7. The summed E-state index contributed by atoms with van der Waals surface area (Å²) in [6.07, 6.45) is 8.18. The highest BCUT2D eigenvalue weighted by molar-refractivity contribution is 5.75. The number of nitrogens with two attached hydrogens (primary N) is 2. The topological polar surface area (TPSA) is 139 Å². The lowest BCUT2D eigenvalue weighted by Crippen LogP contribution is -2.31. The summed E-state index contributed by atoms with van der Waals surface area (Å²) >= 11 is 0. The highest BCUT2D eigenvalue weighted by atomic mass is 16.5. The molecule has 28 heavy (non-hydrogen) atoms. The van der Waals surface area contributed by atoms with Crippen LogP contribution in [0.5, 0.6) is 0 Å². The molecule has 1 rings (SSSR count). The highest BCUT2D eigenvalue weighted by Crippen LogP contribution is 2.20. The quantitative estimate of drug-likeness (QED) is 0.122. The van der Waals surface area contributed by atoms with E-state index in [4.69, 9.17) is 11.5 Å². The van der Waals surface area contributed by atoms with Crippen LogP contribution in [-0.4, -0.2) is 65.8 Å². The van der Waals surface area contributed by atoms with Crippen molar-refractivity contribution >= 4 is 36.8 Å². The molecule has 1 aromatic heterocycles. The lowest BCUT2D eigenvalue weighted by Gasteiger charge is -2.08. The Morgan fingerprint density at radius 3 is 2.75 bits per heavy atom. The fourth-order valence-corrected chi connectivity index (χ4v) is 2.64. The predicted molar refractivity (Wildman–Crippen MR) is 111 cm³/mol. The Hall–Kier alpha value is -2.52. The first kappa shape index (κ1) is 23.5. The first-order valence-corrected chi connectivity index (χ1v) is 9.51. The van der Waals surface area contributed by atoms with Gasteiger partial charge in [0.1, 0.15) is 18.0 Å². The molecular weight excluding hydrogens is 360 g/mol. The summed E-state index contributed by atoms with van der Waals surface area (Å²) < 4.78 is 6.45. The second kappa shape index (κ2) is 12.8. The maximum Gasteiger partial charge on any atom is 0.350 e. The second-order valence-corrected chi connectivity index (χ2v) is 6.58. The van der Waals surface area contributed by atoms with Crippen molar-refractivity contribution in [3.8, 4) is 0 Å². The van der Waals surface area contributed by atoms with Gasteiger partial charge in [0.25, 0.3) is 0 Å². The van der Waals surface area contributed by atoms with Crippen molar-refractivity contribution in [1.29, 1.82) is 0 Å². The Labute approximate surface area is 166 Å². The Balaban J connectivity index is 2.55. The molecule has 1 heterocycles. The number of rotatable bonds is 14. The average Bonchev–Trinajstić information content (AvgIpc) is 3.10. The average molecular weight is 394 g/mol. The van der Waals surface area contributed by atoms with Crippen molar-refractivity contribution in [1.82, 2.24) is 9.97 Å². The van der Waals surface area contributed by atoms with Gasteiger partial charge in [-0.3, -0.25) is 9.78 Å². The van der Waals surface area contributed by atoms with Crippen LogP contribution < -0.4 is 16.8 Å². The fourth-order valence-electron chi connectivity index (χ4n) is 2.64. The van der Waals surface area contributed by atoms with Gasteiger partial charge in [-0.05, 0) is 50.1 Å². The Bertz CT molecular complexity index is 671. The molecule has 0 amide bonds. The van der Waals surface area contributed by atoms with Crippen LogP contribution in [0.15, 0.2) is 6.08 Å². The molecule has 0 bridgehead atoms. The van der Waals surface area contributed by atoms with Crippen LogP contribution in [0.3, 0.4) is 0 Å². The van der Waals surface area contributed by atoms with E-state index >= 15 is 0 Å². The minimum atomic E-state index is -0.588. The number of carbonyl (C=O) groups excluding carboxylic acids is 2. The number of imidazole rings is 1. The van der Waals surface area contributed by atoms with Crippen LogP contribution in [-0.2, 0) is 14.3 Å². The molecule has 0 spiro atoms. The van der Waals surface area contributed by atoms with Gasteiger partial charge < -0.3 is 26.3 Å². The number of unbranched alkanes of at least 4 members (excludes halogenated alkanes) is 1. The molecule has 0 aliphatic carbocycles. The first-order valence-electron chi connectivity index (χ1n) is 9.51. The van der Waals surface area contributed by atoms with Gasteiger partial charge in [-0.15, -0.1) is 0 Å². The van der Waals surface area contributed by atoms with E-state index in [1.165, 1.54) is 7.11 Å². The van der Waals surface area contributed by atoms with Gasteiger partial charge in [-0.1, -0.05) is 6.08 Å². The zero-order valence-corrected chi connectivity index (χ0v) is 16.8. The smallest absolute Gasteiger partial charge is 0.350 e. The molecule has 0 saturated carbocycles. The van der Waals surface area contributed by atoms with Crippen LogP contribution in [0.4, 0.5) is 11.8 Å². The normalized spacial score (nSPS) is 13.3. The van der Waals surface area contributed by atoms with E-state index in [9.17, 15) is 9.59 Å². The fraction of sp³-hybridized carbons (Fsp3) is 0.579. The van der Waals surface area contributed by atoms with Crippen molar-refractivity contribution in [3.63, 3.8) is 0 Å². The summed E-state index contributed by atoms with van der Waals surface area (Å²) in [6, 6.07) is -1.01. The van der Waals surface area contributed by atoms with E-state index in [1.807, 2.05) is 23.7 Å². The lowest BCUT2D eigenvalue weighted by atomic mass is 10.1. The summed E-state index contributed by atoms with van der Waals surface area (Å²) in [7, 11) is 1.34. The molecule has 0 radical (unpaired) electrons. The number of methoxy groups -OCH3 is 1. The zero-order chi connectivity index (χ0) is 20.9. The Kier molecular flexibility index (Phi) is 10.7. The van der Waals surface area contributed by atoms with Crippen molar-refractivity contribution in [2.24, 2.45) is 11.5 Å². The molecule has 0 aliphatic rings. The molecule has 1 aromatic rings. The summed E-state index contributed by atoms with van der Waals surface area (Å²) in [5.41, 5.74) is 12.2. The minimum absolute atomic E-state index is 0.390. The van der Waals surface area contributed by atoms with Crippen LogP contribution >= 0.6 is 0 Å². The summed E-state index contributed by atoms with van der Waals surface area (Å²) in [6.45, 7) is 7.34. The number of nitrogens with one attached hydrogen (secondary N) is 2. The van der Waals surface area contributed by atoms with Crippen molar-refractivity contribution in [2.75, 3.05) is 25.5 Å².